The summed E-state index contributed by atoms with van der Waals surface area (Å²) < 4.78 is 1.91. The van der Waals surface area contributed by atoms with Crippen LogP contribution in [0.15, 0.2) is 30.6 Å². The zero-order valence-electron chi connectivity index (χ0n) is 11.4. The van der Waals surface area contributed by atoms with E-state index < -0.39 is 12.0 Å². The Morgan fingerprint density at radius 2 is 2.33 bits per heavy atom. The summed E-state index contributed by atoms with van der Waals surface area (Å²) in [7, 11) is 0. The van der Waals surface area contributed by atoms with Crippen LogP contribution in [0.3, 0.4) is 0 Å². The molecule has 7 heteroatoms. The van der Waals surface area contributed by atoms with Crippen molar-refractivity contribution in [3.63, 3.8) is 0 Å². The summed E-state index contributed by atoms with van der Waals surface area (Å²) in [4.78, 5) is 29.1. The quantitative estimate of drug-likeness (QED) is 0.834. The third kappa shape index (κ3) is 2.87. The van der Waals surface area contributed by atoms with E-state index in [-0.39, 0.29) is 12.3 Å². The van der Waals surface area contributed by atoms with Gasteiger partial charge in [0.2, 0.25) is 5.91 Å². The Morgan fingerprint density at radius 1 is 1.48 bits per heavy atom. The van der Waals surface area contributed by atoms with Gasteiger partial charge >= 0.3 is 5.97 Å². The molecule has 0 aliphatic carbocycles. The number of carbonyl (C=O) groups is 2. The van der Waals surface area contributed by atoms with Crippen molar-refractivity contribution in [1.29, 1.82) is 0 Å². The molecule has 0 saturated carbocycles. The minimum Gasteiger partial charge on any atom is -0.481 e. The fraction of sp³-hybridized carbons (Fsp3) is 0.357. The molecule has 2 aromatic heterocycles. The second-order valence-electron chi connectivity index (χ2n) is 5.07. The first-order valence-corrected chi connectivity index (χ1v) is 6.79. The highest BCUT2D eigenvalue weighted by Gasteiger charge is 2.31. The molecule has 1 amide bonds. The lowest BCUT2D eigenvalue weighted by Crippen LogP contribution is -2.55. The van der Waals surface area contributed by atoms with Gasteiger partial charge in [-0.05, 0) is 12.1 Å². The largest absolute Gasteiger partial charge is 0.481 e. The van der Waals surface area contributed by atoms with Gasteiger partial charge in [-0.2, -0.15) is 0 Å². The standard InChI is InChI=1S/C14H16N4O3/c19-13(20)7-11-14(21)15-4-6-17(11)8-10-9-18-5-2-1-3-12(18)16-10/h1-3,5,9,11H,4,6-8H2,(H,15,21)(H,19,20). The molecule has 0 spiro atoms. The minimum atomic E-state index is -0.975. The van der Waals surface area contributed by atoms with E-state index in [0.29, 0.717) is 19.6 Å². The van der Waals surface area contributed by atoms with E-state index in [4.69, 9.17) is 5.11 Å². The lowest BCUT2D eigenvalue weighted by atomic mass is 10.1. The number of pyridine rings is 1. The van der Waals surface area contributed by atoms with E-state index in [1.54, 1.807) is 0 Å². The van der Waals surface area contributed by atoms with Crippen molar-refractivity contribution in [2.45, 2.75) is 19.0 Å². The van der Waals surface area contributed by atoms with Crippen molar-refractivity contribution in [3.05, 3.63) is 36.3 Å². The van der Waals surface area contributed by atoms with Crippen molar-refractivity contribution in [3.8, 4) is 0 Å². The molecule has 110 valence electrons. The Bertz CT molecular complexity index is 649. The number of hydrogen-bond acceptors (Lipinski definition) is 4. The molecule has 1 fully saturated rings. The van der Waals surface area contributed by atoms with Crippen molar-refractivity contribution in [2.24, 2.45) is 0 Å². The van der Waals surface area contributed by atoms with E-state index in [1.165, 1.54) is 0 Å². The maximum atomic E-state index is 11.9. The average molecular weight is 288 g/mol. The van der Waals surface area contributed by atoms with Gasteiger partial charge in [0.15, 0.2) is 0 Å². The number of rotatable bonds is 4. The first kappa shape index (κ1) is 13.6. The van der Waals surface area contributed by atoms with Crippen LogP contribution in [-0.4, -0.2) is 50.4 Å². The van der Waals surface area contributed by atoms with E-state index in [0.717, 1.165) is 11.3 Å². The highest BCUT2D eigenvalue weighted by atomic mass is 16.4. The molecule has 1 unspecified atom stereocenters. The number of amides is 1. The lowest BCUT2D eigenvalue weighted by molar-refractivity contribution is -0.143. The van der Waals surface area contributed by atoms with Crippen LogP contribution in [0.2, 0.25) is 0 Å². The van der Waals surface area contributed by atoms with Gasteiger partial charge in [-0.15, -0.1) is 0 Å². The van der Waals surface area contributed by atoms with Crippen LogP contribution in [0.25, 0.3) is 5.65 Å². The van der Waals surface area contributed by atoms with Crippen LogP contribution in [-0.2, 0) is 16.1 Å². The monoisotopic (exact) mass is 288 g/mol. The molecule has 0 radical (unpaired) electrons. The predicted molar refractivity (Wildman–Crippen MR) is 74.7 cm³/mol. The van der Waals surface area contributed by atoms with Crippen LogP contribution in [0.5, 0.6) is 0 Å². The molecule has 1 saturated heterocycles. The van der Waals surface area contributed by atoms with Gasteiger partial charge in [0.25, 0.3) is 0 Å². The van der Waals surface area contributed by atoms with E-state index in [2.05, 4.69) is 10.3 Å². The van der Waals surface area contributed by atoms with Gasteiger partial charge in [0.05, 0.1) is 12.1 Å². The molecular weight excluding hydrogens is 272 g/mol. The van der Waals surface area contributed by atoms with E-state index >= 15 is 0 Å². The lowest BCUT2D eigenvalue weighted by Gasteiger charge is -2.33. The summed E-state index contributed by atoms with van der Waals surface area (Å²) in [6.07, 6.45) is 3.61. The fourth-order valence-electron chi connectivity index (χ4n) is 2.61. The van der Waals surface area contributed by atoms with Crippen LogP contribution in [0, 0.1) is 0 Å². The number of aromatic nitrogens is 2. The maximum absolute atomic E-state index is 11.9. The van der Waals surface area contributed by atoms with Crippen molar-refractivity contribution in [1.82, 2.24) is 19.6 Å². The highest BCUT2D eigenvalue weighted by molar-refractivity contribution is 5.86. The number of aliphatic carboxylic acids is 1. The predicted octanol–water partition coefficient (Wildman–Crippen LogP) is 0.109. The maximum Gasteiger partial charge on any atom is 0.305 e. The normalized spacial score (nSPS) is 19.6. The third-order valence-corrected chi connectivity index (χ3v) is 3.59. The second-order valence-corrected chi connectivity index (χ2v) is 5.07. The van der Waals surface area contributed by atoms with Crippen molar-refractivity contribution in [2.75, 3.05) is 13.1 Å². The molecule has 0 aromatic carbocycles. The molecule has 2 aromatic rings. The molecule has 0 bridgehead atoms. The average Bonchev–Trinajstić information content (AvgIpc) is 2.84. The molecule has 7 nitrogen and oxygen atoms in total. The number of nitrogens with one attached hydrogen (secondary N) is 1. The molecule has 1 aliphatic rings. The highest BCUT2D eigenvalue weighted by Crippen LogP contribution is 2.14. The Labute approximate surface area is 121 Å². The summed E-state index contributed by atoms with van der Waals surface area (Å²) in [5.74, 6) is -1.20. The molecule has 2 N–H and O–H groups in total. The number of imidazole rings is 1. The molecular formula is C14H16N4O3. The van der Waals surface area contributed by atoms with Crippen LogP contribution in [0.1, 0.15) is 12.1 Å². The van der Waals surface area contributed by atoms with Gasteiger partial charge in [-0.3, -0.25) is 14.5 Å². The molecule has 21 heavy (non-hydrogen) atoms. The van der Waals surface area contributed by atoms with Crippen LogP contribution < -0.4 is 5.32 Å². The second kappa shape index (κ2) is 5.53. The molecule has 3 heterocycles. The summed E-state index contributed by atoms with van der Waals surface area (Å²) in [5, 5.41) is 11.7. The minimum absolute atomic E-state index is 0.195. The Kier molecular flexibility index (Phi) is 3.57. The number of carboxylic acid groups (broad SMARTS) is 1. The molecule has 1 atom stereocenters. The zero-order valence-corrected chi connectivity index (χ0v) is 11.4. The Hall–Kier alpha value is -2.41. The smallest absolute Gasteiger partial charge is 0.305 e. The van der Waals surface area contributed by atoms with Gasteiger partial charge in [-0.1, -0.05) is 6.07 Å². The zero-order chi connectivity index (χ0) is 14.8. The number of carbonyl (C=O) groups excluding carboxylic acids is 1. The molecule has 1 aliphatic heterocycles. The van der Waals surface area contributed by atoms with Crippen LogP contribution >= 0.6 is 0 Å². The summed E-state index contributed by atoms with van der Waals surface area (Å²) in [5.41, 5.74) is 1.66. The van der Waals surface area contributed by atoms with Gasteiger partial charge in [0, 0.05) is 32.0 Å². The Balaban J connectivity index is 1.80. The van der Waals surface area contributed by atoms with Crippen molar-refractivity contribution >= 4 is 17.5 Å². The van der Waals surface area contributed by atoms with Gasteiger partial charge < -0.3 is 14.8 Å². The number of hydrogen-bond donors (Lipinski definition) is 2. The Morgan fingerprint density at radius 3 is 3.10 bits per heavy atom. The van der Waals surface area contributed by atoms with Crippen LogP contribution in [0.4, 0.5) is 0 Å². The first-order valence-electron chi connectivity index (χ1n) is 6.79. The third-order valence-electron chi connectivity index (χ3n) is 3.59. The fourth-order valence-corrected chi connectivity index (χ4v) is 2.61. The topological polar surface area (TPSA) is 86.9 Å². The SMILES string of the molecule is O=C(O)CC1C(=O)NCCN1Cc1cn2ccccc2n1. The first-order chi connectivity index (χ1) is 10.1. The summed E-state index contributed by atoms with van der Waals surface area (Å²) in [6.45, 7) is 1.62. The number of piperazine rings is 1. The van der Waals surface area contributed by atoms with Crippen molar-refractivity contribution < 1.29 is 14.7 Å². The number of fused-ring (bicyclic) bond motifs is 1. The number of carboxylic acids is 1. The van der Waals surface area contributed by atoms with E-state index in [1.807, 2.05) is 39.9 Å². The number of nitrogens with zero attached hydrogens (tertiary/aromatic N) is 3. The van der Waals surface area contributed by atoms with Gasteiger partial charge in [0.1, 0.15) is 11.7 Å². The van der Waals surface area contributed by atoms with E-state index in [9.17, 15) is 9.59 Å². The summed E-state index contributed by atoms with van der Waals surface area (Å²) in [6, 6.07) is 5.09. The summed E-state index contributed by atoms with van der Waals surface area (Å²) >= 11 is 0. The van der Waals surface area contributed by atoms with Gasteiger partial charge in [-0.25, -0.2) is 4.98 Å². The molecule has 3 rings (SSSR count).